The van der Waals surface area contributed by atoms with E-state index in [0.717, 1.165) is 0 Å². The largest absolute Gasteiger partial charge is 0.442 e. The lowest BCUT2D eigenvalue weighted by molar-refractivity contribution is -0.119. The molecule has 2 aliphatic rings. The van der Waals surface area contributed by atoms with Gasteiger partial charge in [-0.15, -0.1) is 0 Å². The van der Waals surface area contributed by atoms with E-state index in [4.69, 9.17) is 4.74 Å². The number of nitrogens with zero attached hydrogens (tertiary/aromatic N) is 3. The Morgan fingerprint density at radius 1 is 1.37 bits per heavy atom. The summed E-state index contributed by atoms with van der Waals surface area (Å²) in [5.74, 6) is -0.623. The van der Waals surface area contributed by atoms with E-state index in [1.165, 1.54) is 17.9 Å². The number of cyclic esters (lactones) is 1. The molecule has 2 amide bonds. The summed E-state index contributed by atoms with van der Waals surface area (Å²) >= 11 is 0. The van der Waals surface area contributed by atoms with Crippen LogP contribution >= 0.6 is 0 Å². The number of anilines is 2. The van der Waals surface area contributed by atoms with E-state index in [-0.39, 0.29) is 25.0 Å². The van der Waals surface area contributed by atoms with Crippen molar-refractivity contribution in [3.8, 4) is 0 Å². The Hall–Kier alpha value is -2.42. The Morgan fingerprint density at radius 2 is 2.11 bits per heavy atom. The van der Waals surface area contributed by atoms with Gasteiger partial charge in [-0.05, 0) is 25.2 Å². The number of benzene rings is 1. The minimum absolute atomic E-state index is 0.204. The number of nitrogens with one attached hydrogen (secondary N) is 1. The van der Waals surface area contributed by atoms with Crippen LogP contribution in [0.4, 0.5) is 25.0 Å². The molecule has 7 nitrogen and oxygen atoms in total. The van der Waals surface area contributed by atoms with Gasteiger partial charge >= 0.3 is 6.09 Å². The fourth-order valence-electron chi connectivity index (χ4n) is 3.26. The highest BCUT2D eigenvalue weighted by atomic mass is 19.1. The maximum Gasteiger partial charge on any atom is 0.414 e. The SMILES string of the molecule is CC(=O)NCC1CN(c2ccc(N3CC(N(C)CCF)C3)c(F)c2)C(=O)O1. The van der Waals surface area contributed by atoms with E-state index in [2.05, 4.69) is 5.32 Å². The second kappa shape index (κ2) is 8.08. The normalized spacial score (nSPS) is 20.0. The van der Waals surface area contributed by atoms with Crippen LogP contribution in [0.5, 0.6) is 0 Å². The molecule has 2 saturated heterocycles. The molecule has 0 bridgehead atoms. The Labute approximate surface area is 156 Å². The zero-order valence-electron chi connectivity index (χ0n) is 15.5. The molecule has 1 N–H and O–H groups in total. The topological polar surface area (TPSA) is 65.1 Å². The summed E-state index contributed by atoms with van der Waals surface area (Å²) in [6.07, 6.45) is -1.03. The molecule has 1 aromatic rings. The molecule has 27 heavy (non-hydrogen) atoms. The van der Waals surface area contributed by atoms with Crippen LogP contribution in [0.15, 0.2) is 18.2 Å². The minimum atomic E-state index is -0.561. The van der Waals surface area contributed by atoms with Gasteiger partial charge in [0.15, 0.2) is 0 Å². The van der Waals surface area contributed by atoms with Crippen LogP contribution < -0.4 is 15.1 Å². The highest BCUT2D eigenvalue weighted by molar-refractivity contribution is 5.90. The molecule has 1 aromatic carbocycles. The number of hydrogen-bond donors (Lipinski definition) is 1. The average Bonchev–Trinajstić information content (AvgIpc) is 2.94. The molecule has 0 radical (unpaired) electrons. The smallest absolute Gasteiger partial charge is 0.414 e. The molecule has 2 aliphatic heterocycles. The number of carbonyl (C=O) groups is 2. The zero-order chi connectivity index (χ0) is 19.6. The Kier molecular flexibility index (Phi) is 5.79. The first kappa shape index (κ1) is 19.3. The van der Waals surface area contributed by atoms with Gasteiger partial charge in [0.05, 0.1) is 24.5 Å². The van der Waals surface area contributed by atoms with Crippen LogP contribution in [0.2, 0.25) is 0 Å². The molecule has 1 atom stereocenters. The molecule has 3 rings (SSSR count). The van der Waals surface area contributed by atoms with Crippen molar-refractivity contribution in [1.29, 1.82) is 0 Å². The zero-order valence-corrected chi connectivity index (χ0v) is 15.5. The average molecular weight is 382 g/mol. The first-order valence-electron chi connectivity index (χ1n) is 8.92. The van der Waals surface area contributed by atoms with Crippen molar-refractivity contribution >= 4 is 23.4 Å². The van der Waals surface area contributed by atoms with Gasteiger partial charge in [0.2, 0.25) is 5.91 Å². The van der Waals surface area contributed by atoms with E-state index in [0.29, 0.717) is 31.0 Å². The van der Waals surface area contributed by atoms with Crippen molar-refractivity contribution < 1.29 is 23.1 Å². The molecule has 2 heterocycles. The van der Waals surface area contributed by atoms with Crippen LogP contribution in [-0.2, 0) is 9.53 Å². The fraction of sp³-hybridized carbons (Fsp3) is 0.556. The number of likely N-dealkylation sites (N-methyl/N-ethyl adjacent to an activating group) is 1. The lowest BCUT2D eigenvalue weighted by atomic mass is 10.1. The summed E-state index contributed by atoms with van der Waals surface area (Å²) in [6, 6.07) is 4.85. The van der Waals surface area contributed by atoms with Crippen molar-refractivity contribution in [2.45, 2.75) is 19.1 Å². The van der Waals surface area contributed by atoms with E-state index in [9.17, 15) is 18.4 Å². The number of rotatable bonds is 7. The number of alkyl halides is 1. The van der Waals surface area contributed by atoms with Gasteiger partial charge < -0.3 is 15.0 Å². The fourth-order valence-corrected chi connectivity index (χ4v) is 3.26. The second-order valence-corrected chi connectivity index (χ2v) is 6.92. The standard InChI is InChI=1S/C18H24F2N4O3/c1-12(25)21-8-15-11-24(18(26)27-15)13-3-4-17(16(20)7-13)23-9-14(10-23)22(2)6-5-19/h3-4,7,14-15H,5-6,8-11H2,1-2H3,(H,21,25). The summed E-state index contributed by atoms with van der Waals surface area (Å²) in [5.41, 5.74) is 0.879. The second-order valence-electron chi connectivity index (χ2n) is 6.92. The Bertz CT molecular complexity index is 712. The molecule has 0 aliphatic carbocycles. The number of carbonyl (C=O) groups excluding carboxylic acids is 2. The molecule has 148 valence electrons. The van der Waals surface area contributed by atoms with Crippen LogP contribution in [0.3, 0.4) is 0 Å². The monoisotopic (exact) mass is 382 g/mol. The molecule has 0 saturated carbocycles. The first-order chi connectivity index (χ1) is 12.9. The van der Waals surface area contributed by atoms with E-state index < -0.39 is 24.7 Å². The number of amides is 2. The Morgan fingerprint density at radius 3 is 2.74 bits per heavy atom. The van der Waals surface area contributed by atoms with Crippen LogP contribution in [0.25, 0.3) is 0 Å². The van der Waals surface area contributed by atoms with E-state index in [1.807, 2.05) is 16.8 Å². The van der Waals surface area contributed by atoms with Gasteiger partial charge in [-0.1, -0.05) is 0 Å². The summed E-state index contributed by atoms with van der Waals surface area (Å²) in [7, 11) is 1.86. The molecular formula is C18H24F2N4O3. The molecule has 9 heteroatoms. The third-order valence-electron chi connectivity index (χ3n) is 4.96. The predicted octanol–water partition coefficient (Wildman–Crippen LogP) is 1.38. The van der Waals surface area contributed by atoms with Gasteiger partial charge in [0, 0.05) is 32.6 Å². The minimum Gasteiger partial charge on any atom is -0.442 e. The third kappa shape index (κ3) is 4.29. The Balaban J connectivity index is 1.60. The summed E-state index contributed by atoms with van der Waals surface area (Å²) in [6.45, 7) is 3.10. The number of halogens is 2. The molecule has 0 spiro atoms. The predicted molar refractivity (Wildman–Crippen MR) is 97.3 cm³/mol. The van der Waals surface area contributed by atoms with Crippen LogP contribution in [0, 0.1) is 5.82 Å². The number of ether oxygens (including phenoxy) is 1. The molecule has 2 fully saturated rings. The maximum atomic E-state index is 14.6. The van der Waals surface area contributed by atoms with Crippen molar-refractivity contribution in [2.24, 2.45) is 0 Å². The van der Waals surface area contributed by atoms with Gasteiger partial charge in [-0.3, -0.25) is 14.6 Å². The summed E-state index contributed by atoms with van der Waals surface area (Å²) in [4.78, 5) is 28.2. The van der Waals surface area contributed by atoms with Gasteiger partial charge in [-0.25, -0.2) is 13.6 Å². The highest BCUT2D eigenvalue weighted by Crippen LogP contribution is 2.30. The quantitative estimate of drug-likeness (QED) is 0.772. The van der Waals surface area contributed by atoms with E-state index >= 15 is 0 Å². The molecular weight excluding hydrogens is 358 g/mol. The third-order valence-corrected chi connectivity index (χ3v) is 4.96. The van der Waals surface area contributed by atoms with Gasteiger partial charge in [0.25, 0.3) is 0 Å². The van der Waals surface area contributed by atoms with Crippen LogP contribution in [0.1, 0.15) is 6.92 Å². The van der Waals surface area contributed by atoms with E-state index in [1.54, 1.807) is 12.1 Å². The first-order valence-corrected chi connectivity index (χ1v) is 8.92. The van der Waals surface area contributed by atoms with Crippen molar-refractivity contribution in [3.63, 3.8) is 0 Å². The molecule has 0 aromatic heterocycles. The van der Waals surface area contributed by atoms with Crippen molar-refractivity contribution in [3.05, 3.63) is 24.0 Å². The highest BCUT2D eigenvalue weighted by Gasteiger charge is 2.34. The summed E-state index contributed by atoms with van der Waals surface area (Å²) in [5, 5.41) is 2.60. The summed E-state index contributed by atoms with van der Waals surface area (Å²) < 4.78 is 32.2. The van der Waals surface area contributed by atoms with Crippen LogP contribution in [-0.4, -0.2) is 75.5 Å². The van der Waals surface area contributed by atoms with Gasteiger partial charge in [-0.2, -0.15) is 0 Å². The lowest BCUT2D eigenvalue weighted by Crippen LogP contribution is -2.59. The van der Waals surface area contributed by atoms with Crippen molar-refractivity contribution in [1.82, 2.24) is 10.2 Å². The van der Waals surface area contributed by atoms with Gasteiger partial charge in [0.1, 0.15) is 18.6 Å². The molecule has 1 unspecified atom stereocenters. The van der Waals surface area contributed by atoms with Crippen molar-refractivity contribution in [2.75, 3.05) is 56.2 Å². The number of hydrogen-bond acceptors (Lipinski definition) is 5. The lowest BCUT2D eigenvalue weighted by Gasteiger charge is -2.45. The maximum absolute atomic E-state index is 14.6.